The molecule has 0 spiro atoms. The van der Waals surface area contributed by atoms with E-state index in [1.165, 1.54) is 11.3 Å². The third-order valence-electron chi connectivity index (χ3n) is 0.981. The van der Waals surface area contributed by atoms with E-state index in [2.05, 4.69) is 0 Å². The first-order chi connectivity index (χ1) is 4.34. The number of rotatable bonds is 1. The van der Waals surface area contributed by atoms with Gasteiger partial charge >= 0.3 is 0 Å². The molecule has 2 nitrogen and oxygen atoms in total. The Bertz CT molecular complexity index is 211. The van der Waals surface area contributed by atoms with Crippen LogP contribution in [0.3, 0.4) is 0 Å². The molecule has 0 saturated heterocycles. The molecule has 1 aromatic heterocycles. The monoisotopic (exact) mass is 139 g/mol. The van der Waals surface area contributed by atoms with Crippen molar-refractivity contribution in [2.75, 3.05) is 0 Å². The largest absolute Gasteiger partial charge is 0.374 e. The van der Waals surface area contributed by atoms with Gasteiger partial charge in [-0.1, -0.05) is 0 Å². The van der Waals surface area contributed by atoms with Gasteiger partial charge < -0.3 is 5.11 Å². The average molecular weight is 139 g/mol. The Morgan fingerprint density at radius 3 is 3.00 bits per heavy atom. The van der Waals surface area contributed by atoms with E-state index in [1.807, 2.05) is 5.38 Å². The average Bonchev–Trinajstić information content (AvgIpc) is 2.37. The lowest BCUT2D eigenvalue weighted by molar-refractivity contribution is 0.236. The molecule has 9 heavy (non-hydrogen) atoms. The van der Waals surface area contributed by atoms with Crippen LogP contribution in [0.15, 0.2) is 16.8 Å². The number of hydrogen-bond donors (Lipinski definition) is 1. The number of nitriles is 1. The van der Waals surface area contributed by atoms with Gasteiger partial charge in [0.1, 0.15) is 0 Å². The molecule has 0 aliphatic rings. The molecule has 0 aliphatic heterocycles. The highest BCUT2D eigenvalue weighted by atomic mass is 32.1. The first kappa shape index (κ1) is 6.27. The van der Waals surface area contributed by atoms with Crippen molar-refractivity contribution >= 4 is 11.3 Å². The van der Waals surface area contributed by atoms with Gasteiger partial charge in [-0.25, -0.2) is 0 Å². The maximum atomic E-state index is 8.86. The van der Waals surface area contributed by atoms with Crippen LogP contribution in [0.4, 0.5) is 0 Å². The summed E-state index contributed by atoms with van der Waals surface area (Å²) >= 11 is 1.47. The summed E-state index contributed by atoms with van der Waals surface area (Å²) in [6, 6.07) is 3.46. The second-order valence-corrected chi connectivity index (χ2v) is 2.37. The van der Waals surface area contributed by atoms with E-state index in [1.54, 1.807) is 17.5 Å². The second kappa shape index (κ2) is 2.62. The van der Waals surface area contributed by atoms with Gasteiger partial charge in [-0.2, -0.15) is 16.6 Å². The second-order valence-electron chi connectivity index (χ2n) is 1.59. The lowest BCUT2D eigenvalue weighted by atomic mass is 10.2. The van der Waals surface area contributed by atoms with E-state index in [9.17, 15) is 0 Å². The van der Waals surface area contributed by atoms with Gasteiger partial charge in [0.2, 0.25) is 0 Å². The Hall–Kier alpha value is -0.850. The highest BCUT2D eigenvalue weighted by Crippen LogP contribution is 2.14. The Morgan fingerprint density at radius 1 is 1.78 bits per heavy atom. The van der Waals surface area contributed by atoms with Crippen molar-refractivity contribution in [2.45, 2.75) is 6.10 Å². The zero-order chi connectivity index (χ0) is 6.69. The van der Waals surface area contributed by atoms with Crippen LogP contribution in [-0.4, -0.2) is 5.11 Å². The van der Waals surface area contributed by atoms with Crippen LogP contribution < -0.4 is 0 Å². The van der Waals surface area contributed by atoms with Crippen LogP contribution in [0.1, 0.15) is 11.7 Å². The van der Waals surface area contributed by atoms with Crippen molar-refractivity contribution in [3.63, 3.8) is 0 Å². The molecule has 0 saturated carbocycles. The highest BCUT2D eigenvalue weighted by molar-refractivity contribution is 7.07. The Labute approximate surface area is 57.0 Å². The fourth-order valence-electron chi connectivity index (χ4n) is 0.505. The summed E-state index contributed by atoms with van der Waals surface area (Å²) in [5, 5.41) is 20.7. The molecule has 0 aliphatic carbocycles. The Balaban J connectivity index is 2.80. The summed E-state index contributed by atoms with van der Waals surface area (Å²) in [5.74, 6) is 0. The molecular weight excluding hydrogens is 134 g/mol. The van der Waals surface area contributed by atoms with Crippen molar-refractivity contribution in [1.82, 2.24) is 0 Å². The standard InChI is InChI=1S/C6H5NOS/c7-3-6(8)5-1-2-9-4-5/h1-2,4,6,8H. The van der Waals surface area contributed by atoms with Crippen molar-refractivity contribution in [3.8, 4) is 6.07 Å². The lowest BCUT2D eigenvalue weighted by Crippen LogP contribution is -1.88. The zero-order valence-electron chi connectivity index (χ0n) is 4.61. The minimum absolute atomic E-state index is 0.683. The van der Waals surface area contributed by atoms with Crippen LogP contribution in [0, 0.1) is 11.3 Å². The molecule has 0 aromatic carbocycles. The predicted octanol–water partition coefficient (Wildman–Crippen LogP) is 1.31. The van der Waals surface area contributed by atoms with Gasteiger partial charge in [0, 0.05) is 5.56 Å². The van der Waals surface area contributed by atoms with Crippen LogP contribution in [0.2, 0.25) is 0 Å². The fraction of sp³-hybridized carbons (Fsp3) is 0.167. The molecule has 1 N–H and O–H groups in total. The van der Waals surface area contributed by atoms with E-state index >= 15 is 0 Å². The quantitative estimate of drug-likeness (QED) is 0.596. The summed E-state index contributed by atoms with van der Waals surface area (Å²) in [6.45, 7) is 0. The predicted molar refractivity (Wildman–Crippen MR) is 34.9 cm³/mol. The zero-order valence-corrected chi connectivity index (χ0v) is 5.43. The summed E-state index contributed by atoms with van der Waals surface area (Å²) in [6.07, 6.45) is -0.948. The van der Waals surface area contributed by atoms with Gasteiger partial charge in [0.25, 0.3) is 0 Å². The molecular formula is C6H5NOS. The Kier molecular flexibility index (Phi) is 1.83. The topological polar surface area (TPSA) is 44.0 Å². The van der Waals surface area contributed by atoms with Crippen molar-refractivity contribution in [1.29, 1.82) is 5.26 Å². The molecule has 1 aromatic rings. The smallest absolute Gasteiger partial charge is 0.166 e. The van der Waals surface area contributed by atoms with E-state index in [0.29, 0.717) is 5.56 Å². The molecule has 1 rings (SSSR count). The van der Waals surface area contributed by atoms with Gasteiger partial charge in [-0.3, -0.25) is 0 Å². The molecule has 0 radical (unpaired) electrons. The van der Waals surface area contributed by atoms with Crippen molar-refractivity contribution in [2.24, 2.45) is 0 Å². The molecule has 1 heterocycles. The fourth-order valence-corrected chi connectivity index (χ4v) is 1.18. The maximum Gasteiger partial charge on any atom is 0.166 e. The molecule has 0 fully saturated rings. The number of hydrogen-bond acceptors (Lipinski definition) is 3. The van der Waals surface area contributed by atoms with E-state index in [0.717, 1.165) is 0 Å². The number of nitrogens with zero attached hydrogens (tertiary/aromatic N) is 1. The third kappa shape index (κ3) is 1.28. The van der Waals surface area contributed by atoms with Crippen LogP contribution in [0.25, 0.3) is 0 Å². The summed E-state index contributed by atoms with van der Waals surface area (Å²) in [4.78, 5) is 0. The van der Waals surface area contributed by atoms with Gasteiger partial charge in [0.05, 0.1) is 6.07 Å². The molecule has 1 unspecified atom stereocenters. The normalized spacial score (nSPS) is 12.4. The molecule has 1 atom stereocenters. The van der Waals surface area contributed by atoms with Crippen LogP contribution >= 0.6 is 11.3 Å². The Morgan fingerprint density at radius 2 is 2.56 bits per heavy atom. The first-order valence-corrected chi connectivity index (χ1v) is 3.38. The minimum Gasteiger partial charge on any atom is -0.374 e. The van der Waals surface area contributed by atoms with Gasteiger partial charge in [-0.15, -0.1) is 0 Å². The number of thiophene rings is 1. The van der Waals surface area contributed by atoms with Crippen LogP contribution in [-0.2, 0) is 0 Å². The lowest BCUT2D eigenvalue weighted by Gasteiger charge is -1.92. The highest BCUT2D eigenvalue weighted by Gasteiger charge is 2.03. The molecule has 3 heteroatoms. The number of aliphatic hydroxyl groups excluding tert-OH is 1. The molecule has 46 valence electrons. The number of aliphatic hydroxyl groups is 1. The summed E-state index contributed by atoms with van der Waals surface area (Å²) in [7, 11) is 0. The SMILES string of the molecule is N#CC(O)c1ccsc1. The van der Waals surface area contributed by atoms with Gasteiger partial charge in [0.15, 0.2) is 6.10 Å². The summed E-state index contributed by atoms with van der Waals surface area (Å²) < 4.78 is 0. The van der Waals surface area contributed by atoms with Crippen molar-refractivity contribution < 1.29 is 5.11 Å². The third-order valence-corrected chi connectivity index (χ3v) is 1.68. The van der Waals surface area contributed by atoms with E-state index in [4.69, 9.17) is 10.4 Å². The minimum atomic E-state index is -0.948. The first-order valence-electron chi connectivity index (χ1n) is 2.44. The molecule has 0 bridgehead atoms. The maximum absolute atomic E-state index is 8.86. The van der Waals surface area contributed by atoms with Crippen molar-refractivity contribution in [3.05, 3.63) is 22.4 Å². The molecule has 0 amide bonds. The van der Waals surface area contributed by atoms with E-state index in [-0.39, 0.29) is 0 Å². The summed E-state index contributed by atoms with van der Waals surface area (Å²) in [5.41, 5.74) is 0.683. The van der Waals surface area contributed by atoms with Crippen LogP contribution in [0.5, 0.6) is 0 Å². The van der Waals surface area contributed by atoms with Gasteiger partial charge in [-0.05, 0) is 16.8 Å². The van der Waals surface area contributed by atoms with E-state index < -0.39 is 6.10 Å².